The molecule has 40 heavy (non-hydrogen) atoms. The highest BCUT2D eigenvalue weighted by atomic mass is 32.2. The molecule has 0 saturated carbocycles. The van der Waals surface area contributed by atoms with E-state index < -0.39 is 40.0 Å². The van der Waals surface area contributed by atoms with E-state index in [4.69, 9.17) is 0 Å². The van der Waals surface area contributed by atoms with Crippen LogP contribution in [-0.4, -0.2) is 53.1 Å². The molecule has 0 aromatic carbocycles. The molecule has 0 aliphatic rings. The van der Waals surface area contributed by atoms with E-state index in [9.17, 15) is 28.0 Å². The first-order valence-electron chi connectivity index (χ1n) is 16.1. The number of unbranched alkanes of at least 4 members (excludes halogenated alkanes) is 17. The summed E-state index contributed by atoms with van der Waals surface area (Å²) in [6.07, 6.45) is 28.1. The van der Waals surface area contributed by atoms with Gasteiger partial charge >= 0.3 is 0 Å². The number of aliphatic hydroxyl groups excluding tert-OH is 2. The Bertz CT molecular complexity index is 753. The van der Waals surface area contributed by atoms with Gasteiger partial charge in [0.25, 0.3) is 10.1 Å². The minimum Gasteiger partial charge on any atom is -0.387 e. The second kappa shape index (κ2) is 26.7. The topological polar surface area (TPSA) is 124 Å². The maximum atomic E-state index is 12.5. The van der Waals surface area contributed by atoms with Gasteiger partial charge in [0.1, 0.15) is 6.10 Å². The molecule has 0 fully saturated rings. The van der Waals surface area contributed by atoms with Crippen LogP contribution in [-0.2, 0) is 14.9 Å². The van der Waals surface area contributed by atoms with Crippen LogP contribution in [0, 0.1) is 0 Å². The van der Waals surface area contributed by atoms with Crippen molar-refractivity contribution < 1.29 is 28.0 Å². The van der Waals surface area contributed by atoms with Crippen LogP contribution < -0.4 is 5.32 Å². The Labute approximate surface area is 246 Å². The Kier molecular flexibility index (Phi) is 25.9. The van der Waals surface area contributed by atoms with Gasteiger partial charge in [-0.25, -0.2) is 0 Å². The molecule has 0 radical (unpaired) electrons. The number of hydrogen-bond donors (Lipinski definition) is 4. The summed E-state index contributed by atoms with van der Waals surface area (Å²) in [5.74, 6) is -1.56. The van der Waals surface area contributed by atoms with Crippen molar-refractivity contribution in [2.75, 3.05) is 5.75 Å². The number of nitrogens with one attached hydrogen (secondary N) is 1. The van der Waals surface area contributed by atoms with E-state index in [0.29, 0.717) is 12.8 Å². The maximum Gasteiger partial charge on any atom is 0.267 e. The molecule has 1 amide bonds. The molecule has 0 bridgehead atoms. The molecule has 0 aromatic heterocycles. The van der Waals surface area contributed by atoms with Gasteiger partial charge in [0, 0.05) is 0 Å². The summed E-state index contributed by atoms with van der Waals surface area (Å²) in [4.78, 5) is 12.5. The van der Waals surface area contributed by atoms with E-state index in [0.717, 1.165) is 32.1 Å². The highest BCUT2D eigenvalue weighted by Gasteiger charge is 2.27. The van der Waals surface area contributed by atoms with Crippen LogP contribution in [0.15, 0.2) is 24.3 Å². The molecule has 0 spiro atoms. The highest BCUT2D eigenvalue weighted by Crippen LogP contribution is 2.13. The fourth-order valence-electron chi connectivity index (χ4n) is 4.70. The van der Waals surface area contributed by atoms with Crippen molar-refractivity contribution in [1.29, 1.82) is 0 Å². The molecule has 3 unspecified atom stereocenters. The fourth-order valence-corrected chi connectivity index (χ4v) is 5.44. The summed E-state index contributed by atoms with van der Waals surface area (Å²) >= 11 is 0. The lowest BCUT2D eigenvalue weighted by molar-refractivity contribution is -0.130. The molecule has 8 heteroatoms. The third-order valence-electron chi connectivity index (χ3n) is 7.24. The lowest BCUT2D eigenvalue weighted by Crippen LogP contribution is -2.50. The first-order valence-corrected chi connectivity index (χ1v) is 17.8. The van der Waals surface area contributed by atoms with Crippen molar-refractivity contribution in [2.45, 2.75) is 167 Å². The van der Waals surface area contributed by atoms with Crippen molar-refractivity contribution in [3.8, 4) is 0 Å². The van der Waals surface area contributed by atoms with Gasteiger partial charge < -0.3 is 15.5 Å². The van der Waals surface area contributed by atoms with E-state index >= 15 is 0 Å². The van der Waals surface area contributed by atoms with Gasteiger partial charge in [0.2, 0.25) is 5.91 Å². The monoisotopic (exact) mass is 587 g/mol. The maximum absolute atomic E-state index is 12.5. The van der Waals surface area contributed by atoms with Crippen LogP contribution in [0.4, 0.5) is 0 Å². The number of carbonyl (C=O) groups is 1. The molecule has 0 saturated heterocycles. The number of allylic oxidation sites excluding steroid dienone is 3. The summed E-state index contributed by atoms with van der Waals surface area (Å²) in [5.41, 5.74) is 0. The quantitative estimate of drug-likeness (QED) is 0.0429. The van der Waals surface area contributed by atoms with Crippen molar-refractivity contribution in [2.24, 2.45) is 0 Å². The van der Waals surface area contributed by atoms with Gasteiger partial charge in [0.15, 0.2) is 0 Å². The summed E-state index contributed by atoms with van der Waals surface area (Å²) in [6.45, 7) is 4.43. The van der Waals surface area contributed by atoms with Gasteiger partial charge in [-0.15, -0.1) is 0 Å². The van der Waals surface area contributed by atoms with Crippen LogP contribution in [0.1, 0.15) is 149 Å². The number of carbonyl (C=O) groups excluding carboxylic acids is 1. The third-order valence-corrected chi connectivity index (χ3v) is 8.02. The second-order valence-corrected chi connectivity index (χ2v) is 12.7. The van der Waals surface area contributed by atoms with Gasteiger partial charge in [-0.3, -0.25) is 9.35 Å². The molecule has 236 valence electrons. The van der Waals surface area contributed by atoms with E-state index in [1.807, 2.05) is 0 Å². The molecule has 0 rings (SSSR count). The van der Waals surface area contributed by atoms with Gasteiger partial charge in [0.05, 0.1) is 17.9 Å². The van der Waals surface area contributed by atoms with Crippen LogP contribution >= 0.6 is 0 Å². The normalized spacial score (nSPS) is 14.6. The highest BCUT2D eigenvalue weighted by molar-refractivity contribution is 7.85. The molecule has 0 aliphatic heterocycles. The molecule has 3 atom stereocenters. The molecule has 0 aliphatic carbocycles. The molecular weight excluding hydrogens is 526 g/mol. The standard InChI is InChI=1S/C32H61NO6S/c1-3-5-7-9-11-13-15-17-19-21-23-25-27-31(35)32(36)33-29(28-40(37,38)39)30(34)26-24-22-20-18-16-14-12-10-8-6-4-2/h16,18,24,26,29-31,34-35H,3-15,17,19-23,25,27-28H2,1-2H3,(H,33,36)(H,37,38,39)/b18-16+,26-24+. The van der Waals surface area contributed by atoms with E-state index in [2.05, 4.69) is 31.3 Å². The third kappa shape index (κ3) is 25.7. The van der Waals surface area contributed by atoms with E-state index in [1.165, 1.54) is 89.5 Å². The van der Waals surface area contributed by atoms with Gasteiger partial charge in [-0.1, -0.05) is 141 Å². The average molecular weight is 588 g/mol. The zero-order valence-corrected chi connectivity index (χ0v) is 26.4. The largest absolute Gasteiger partial charge is 0.387 e. The van der Waals surface area contributed by atoms with Crippen LogP contribution in [0.25, 0.3) is 0 Å². The van der Waals surface area contributed by atoms with Crippen molar-refractivity contribution in [3.05, 3.63) is 24.3 Å². The minimum absolute atomic E-state index is 0.277. The fraction of sp³-hybridized carbons (Fsp3) is 0.844. The van der Waals surface area contributed by atoms with Crippen LogP contribution in [0.5, 0.6) is 0 Å². The zero-order valence-electron chi connectivity index (χ0n) is 25.6. The number of aliphatic hydroxyl groups is 2. The Morgan fingerprint density at radius 3 is 1.65 bits per heavy atom. The van der Waals surface area contributed by atoms with Crippen LogP contribution in [0.3, 0.4) is 0 Å². The van der Waals surface area contributed by atoms with Crippen molar-refractivity contribution >= 4 is 16.0 Å². The van der Waals surface area contributed by atoms with E-state index in [-0.39, 0.29) is 6.42 Å². The smallest absolute Gasteiger partial charge is 0.267 e. The Morgan fingerprint density at radius 2 is 1.12 bits per heavy atom. The predicted molar refractivity (Wildman–Crippen MR) is 167 cm³/mol. The number of hydrogen-bond acceptors (Lipinski definition) is 5. The molecular formula is C32H61NO6S. The Hall–Kier alpha value is -1.22. The molecule has 4 N–H and O–H groups in total. The van der Waals surface area contributed by atoms with Crippen LogP contribution in [0.2, 0.25) is 0 Å². The molecule has 0 aromatic rings. The minimum atomic E-state index is -4.44. The summed E-state index contributed by atoms with van der Waals surface area (Å²) in [6, 6.07) is -1.24. The van der Waals surface area contributed by atoms with E-state index in [1.54, 1.807) is 6.08 Å². The predicted octanol–water partition coefficient (Wildman–Crippen LogP) is 7.43. The Morgan fingerprint density at radius 1 is 0.675 bits per heavy atom. The van der Waals surface area contributed by atoms with Gasteiger partial charge in [-0.2, -0.15) is 8.42 Å². The summed E-state index contributed by atoms with van der Waals surface area (Å²) in [5, 5.41) is 23.1. The molecule has 7 nitrogen and oxygen atoms in total. The lowest BCUT2D eigenvalue weighted by Gasteiger charge is -2.22. The zero-order chi connectivity index (χ0) is 29.9. The van der Waals surface area contributed by atoms with Gasteiger partial charge in [-0.05, 0) is 32.1 Å². The Balaban J connectivity index is 4.26. The van der Waals surface area contributed by atoms with Crippen molar-refractivity contribution in [3.63, 3.8) is 0 Å². The van der Waals surface area contributed by atoms with Crippen molar-refractivity contribution in [1.82, 2.24) is 5.32 Å². The summed E-state index contributed by atoms with van der Waals surface area (Å²) < 4.78 is 32.2. The molecule has 0 heterocycles. The SMILES string of the molecule is CCCCCCC/C=C/CC/C=C/C(O)C(CS(=O)(=O)O)NC(=O)C(O)CCCCCCCCCCCCCC. The number of rotatable bonds is 28. The number of amides is 1. The summed E-state index contributed by atoms with van der Waals surface area (Å²) in [7, 11) is -4.44. The first-order chi connectivity index (χ1) is 19.2. The lowest BCUT2D eigenvalue weighted by atomic mass is 10.0. The average Bonchev–Trinajstić information content (AvgIpc) is 2.90. The second-order valence-electron chi connectivity index (χ2n) is 11.2. The first kappa shape index (κ1) is 38.8.